The lowest BCUT2D eigenvalue weighted by Crippen LogP contribution is -2.32. The van der Waals surface area contributed by atoms with Crippen molar-refractivity contribution in [3.05, 3.63) is 35.8 Å². The first-order chi connectivity index (χ1) is 9.25. The van der Waals surface area contributed by atoms with Crippen LogP contribution in [0.25, 0.3) is 5.65 Å². The summed E-state index contributed by atoms with van der Waals surface area (Å²) < 4.78 is 2.20. The van der Waals surface area contributed by atoms with Gasteiger partial charge < -0.3 is 9.72 Å². The Bertz CT molecular complexity index is 552. The molecule has 2 aromatic heterocycles. The van der Waals surface area contributed by atoms with Gasteiger partial charge in [-0.1, -0.05) is 18.9 Å². The van der Waals surface area contributed by atoms with Crippen LogP contribution in [0.15, 0.2) is 24.4 Å². The van der Waals surface area contributed by atoms with Gasteiger partial charge in [0.25, 0.3) is 0 Å². The molecule has 0 unspecified atom stereocenters. The molecule has 0 bridgehead atoms. The van der Waals surface area contributed by atoms with E-state index in [0.29, 0.717) is 6.04 Å². The largest absolute Gasteiger partial charge is 0.308 e. The van der Waals surface area contributed by atoms with E-state index in [1.165, 1.54) is 31.4 Å². The Hall–Kier alpha value is -1.35. The molecule has 0 spiro atoms. The van der Waals surface area contributed by atoms with Gasteiger partial charge in [-0.3, -0.25) is 0 Å². The fourth-order valence-electron chi connectivity index (χ4n) is 3.26. The highest BCUT2D eigenvalue weighted by Gasteiger charge is 2.21. The summed E-state index contributed by atoms with van der Waals surface area (Å²) in [5.74, 6) is 0.861. The first-order valence-corrected chi connectivity index (χ1v) is 7.41. The van der Waals surface area contributed by atoms with Crippen LogP contribution in [0.3, 0.4) is 0 Å². The van der Waals surface area contributed by atoms with E-state index in [-0.39, 0.29) is 0 Å². The SMILES string of the molecule is Cc1nc2ccccn2c1CN[C@@H](C)C1CCCC1. The van der Waals surface area contributed by atoms with Crippen LogP contribution in [-0.2, 0) is 6.54 Å². The van der Waals surface area contributed by atoms with Gasteiger partial charge >= 0.3 is 0 Å². The van der Waals surface area contributed by atoms with Crippen molar-refractivity contribution in [1.29, 1.82) is 0 Å². The molecule has 1 aliphatic rings. The number of nitrogens with one attached hydrogen (secondary N) is 1. The molecule has 19 heavy (non-hydrogen) atoms. The molecule has 0 saturated heterocycles. The maximum atomic E-state index is 4.61. The second-order valence-electron chi connectivity index (χ2n) is 5.79. The quantitative estimate of drug-likeness (QED) is 0.910. The average Bonchev–Trinajstić information content (AvgIpc) is 3.03. The zero-order valence-corrected chi connectivity index (χ0v) is 11.9. The van der Waals surface area contributed by atoms with Crippen LogP contribution in [-0.4, -0.2) is 15.4 Å². The summed E-state index contributed by atoms with van der Waals surface area (Å²) in [7, 11) is 0. The van der Waals surface area contributed by atoms with Gasteiger partial charge in [0.1, 0.15) is 5.65 Å². The van der Waals surface area contributed by atoms with Crippen molar-refractivity contribution >= 4 is 5.65 Å². The van der Waals surface area contributed by atoms with Gasteiger partial charge in [0.2, 0.25) is 0 Å². The van der Waals surface area contributed by atoms with E-state index in [9.17, 15) is 0 Å². The minimum atomic E-state index is 0.608. The highest BCUT2D eigenvalue weighted by Crippen LogP contribution is 2.27. The zero-order chi connectivity index (χ0) is 13.2. The van der Waals surface area contributed by atoms with E-state index in [0.717, 1.165) is 23.8 Å². The first-order valence-electron chi connectivity index (χ1n) is 7.41. The van der Waals surface area contributed by atoms with Gasteiger partial charge in [-0.05, 0) is 44.7 Å². The normalized spacial score (nSPS) is 18.2. The van der Waals surface area contributed by atoms with Crippen molar-refractivity contribution in [2.24, 2.45) is 5.92 Å². The third-order valence-electron chi connectivity index (χ3n) is 4.53. The van der Waals surface area contributed by atoms with Gasteiger partial charge in [-0.15, -0.1) is 0 Å². The Morgan fingerprint density at radius 1 is 1.37 bits per heavy atom. The summed E-state index contributed by atoms with van der Waals surface area (Å²) in [5.41, 5.74) is 3.48. The lowest BCUT2D eigenvalue weighted by atomic mass is 10.00. The molecule has 1 aliphatic carbocycles. The predicted molar refractivity (Wildman–Crippen MR) is 78.2 cm³/mol. The molecule has 0 radical (unpaired) electrons. The number of hydrogen-bond acceptors (Lipinski definition) is 2. The molecule has 3 heteroatoms. The third kappa shape index (κ3) is 2.52. The molecule has 2 heterocycles. The third-order valence-corrected chi connectivity index (χ3v) is 4.53. The van der Waals surface area contributed by atoms with Crippen LogP contribution >= 0.6 is 0 Å². The summed E-state index contributed by atoms with van der Waals surface area (Å²) in [6.45, 7) is 5.34. The lowest BCUT2D eigenvalue weighted by Gasteiger charge is -2.20. The predicted octanol–water partition coefficient (Wildman–Crippen LogP) is 3.31. The van der Waals surface area contributed by atoms with Crippen LogP contribution < -0.4 is 5.32 Å². The van der Waals surface area contributed by atoms with E-state index in [1.807, 2.05) is 6.07 Å². The monoisotopic (exact) mass is 257 g/mol. The Kier molecular flexibility index (Phi) is 3.56. The molecule has 1 fully saturated rings. The molecule has 3 rings (SSSR count). The van der Waals surface area contributed by atoms with Gasteiger partial charge in [-0.25, -0.2) is 4.98 Å². The summed E-state index contributed by atoms with van der Waals surface area (Å²) in [6, 6.07) is 6.78. The van der Waals surface area contributed by atoms with Crippen molar-refractivity contribution in [3.63, 3.8) is 0 Å². The highest BCUT2D eigenvalue weighted by molar-refractivity contribution is 5.42. The molecule has 3 nitrogen and oxygen atoms in total. The summed E-state index contributed by atoms with van der Waals surface area (Å²) >= 11 is 0. The van der Waals surface area contributed by atoms with E-state index >= 15 is 0 Å². The molecule has 1 atom stereocenters. The first kappa shape index (κ1) is 12.7. The van der Waals surface area contributed by atoms with E-state index in [1.54, 1.807) is 0 Å². The summed E-state index contributed by atoms with van der Waals surface area (Å²) in [6.07, 6.45) is 7.70. The Labute approximate surface area is 115 Å². The number of nitrogens with zero attached hydrogens (tertiary/aromatic N) is 2. The number of rotatable bonds is 4. The second kappa shape index (κ2) is 5.33. The molecule has 0 amide bonds. The minimum absolute atomic E-state index is 0.608. The molecule has 1 saturated carbocycles. The van der Waals surface area contributed by atoms with E-state index in [2.05, 4.69) is 46.9 Å². The maximum absolute atomic E-state index is 4.61. The highest BCUT2D eigenvalue weighted by atomic mass is 15.0. The van der Waals surface area contributed by atoms with Crippen molar-refractivity contribution in [3.8, 4) is 0 Å². The molecule has 102 valence electrons. The van der Waals surface area contributed by atoms with Crippen molar-refractivity contribution in [1.82, 2.24) is 14.7 Å². The standard InChI is InChI=1S/C16H23N3/c1-12(14-7-3-4-8-14)17-11-15-13(2)18-16-9-5-6-10-19(15)16/h5-6,9-10,12,14,17H,3-4,7-8,11H2,1-2H3/t12-/m0/s1. The minimum Gasteiger partial charge on any atom is -0.308 e. The van der Waals surface area contributed by atoms with Crippen LogP contribution in [0.5, 0.6) is 0 Å². The lowest BCUT2D eigenvalue weighted by molar-refractivity contribution is 0.378. The number of pyridine rings is 1. The van der Waals surface area contributed by atoms with Crippen molar-refractivity contribution in [2.75, 3.05) is 0 Å². The number of aromatic nitrogens is 2. The van der Waals surface area contributed by atoms with Crippen LogP contribution in [0.4, 0.5) is 0 Å². The van der Waals surface area contributed by atoms with E-state index in [4.69, 9.17) is 0 Å². The summed E-state index contributed by atoms with van der Waals surface area (Å²) in [5, 5.41) is 3.70. The number of hydrogen-bond donors (Lipinski definition) is 1. The Morgan fingerprint density at radius 3 is 2.95 bits per heavy atom. The van der Waals surface area contributed by atoms with Gasteiger partial charge in [0.15, 0.2) is 0 Å². The number of imidazole rings is 1. The fraction of sp³-hybridized carbons (Fsp3) is 0.562. The van der Waals surface area contributed by atoms with Gasteiger partial charge in [0, 0.05) is 18.8 Å². The maximum Gasteiger partial charge on any atom is 0.137 e. The molecular weight excluding hydrogens is 234 g/mol. The second-order valence-corrected chi connectivity index (χ2v) is 5.79. The topological polar surface area (TPSA) is 29.3 Å². The average molecular weight is 257 g/mol. The smallest absolute Gasteiger partial charge is 0.137 e. The molecule has 0 aliphatic heterocycles. The van der Waals surface area contributed by atoms with E-state index < -0.39 is 0 Å². The zero-order valence-electron chi connectivity index (χ0n) is 11.9. The van der Waals surface area contributed by atoms with Crippen LogP contribution in [0, 0.1) is 12.8 Å². The Morgan fingerprint density at radius 2 is 2.16 bits per heavy atom. The molecular formula is C16H23N3. The van der Waals surface area contributed by atoms with Crippen LogP contribution in [0.2, 0.25) is 0 Å². The molecule has 2 aromatic rings. The molecule has 0 aromatic carbocycles. The van der Waals surface area contributed by atoms with Gasteiger partial charge in [0.05, 0.1) is 11.4 Å². The van der Waals surface area contributed by atoms with Crippen molar-refractivity contribution in [2.45, 2.75) is 52.1 Å². The van der Waals surface area contributed by atoms with Gasteiger partial charge in [-0.2, -0.15) is 0 Å². The summed E-state index contributed by atoms with van der Waals surface area (Å²) in [4.78, 5) is 4.61. The fourth-order valence-corrected chi connectivity index (χ4v) is 3.26. The Balaban J connectivity index is 1.72. The number of fused-ring (bicyclic) bond motifs is 1. The van der Waals surface area contributed by atoms with Crippen LogP contribution in [0.1, 0.15) is 44.0 Å². The number of aryl methyl sites for hydroxylation is 1. The van der Waals surface area contributed by atoms with Crippen molar-refractivity contribution < 1.29 is 0 Å². The molecule has 1 N–H and O–H groups in total.